The van der Waals surface area contributed by atoms with E-state index < -0.39 is 0 Å². The van der Waals surface area contributed by atoms with E-state index in [-0.39, 0.29) is 11.9 Å². The largest absolute Gasteiger partial charge is 0.491 e. The number of hydrogen-bond acceptors (Lipinski definition) is 4. The van der Waals surface area contributed by atoms with Crippen molar-refractivity contribution in [1.82, 2.24) is 15.3 Å². The molecule has 0 aliphatic heterocycles. The van der Waals surface area contributed by atoms with E-state index in [0.717, 1.165) is 11.3 Å². The van der Waals surface area contributed by atoms with Gasteiger partial charge in [-0.1, -0.05) is 48.5 Å². The van der Waals surface area contributed by atoms with Gasteiger partial charge in [0.15, 0.2) is 0 Å². The summed E-state index contributed by atoms with van der Waals surface area (Å²) in [5, 5.41) is 2.97. The van der Waals surface area contributed by atoms with Crippen molar-refractivity contribution in [2.75, 3.05) is 6.61 Å². The molecule has 0 fully saturated rings. The average molecular weight is 345 g/mol. The minimum absolute atomic E-state index is 0.221. The van der Waals surface area contributed by atoms with Gasteiger partial charge in [0.2, 0.25) is 5.91 Å². The van der Waals surface area contributed by atoms with E-state index in [1.165, 1.54) is 6.08 Å². The fourth-order valence-electron chi connectivity index (χ4n) is 2.38. The summed E-state index contributed by atoms with van der Waals surface area (Å²) in [5.74, 6) is 0.541. The molecule has 130 valence electrons. The molecular formula is C21H19N3O2. The second kappa shape index (κ2) is 9.13. The molecule has 0 saturated carbocycles. The number of para-hydroxylation sites is 1. The molecular weight excluding hydrogens is 326 g/mol. The number of amides is 1. The molecule has 3 rings (SSSR count). The first-order valence-corrected chi connectivity index (χ1v) is 8.28. The standard InChI is InChI=1S/C21H19N3O2/c25-21(12-11-18-15-22-13-14-23-18)24-20(17-7-3-1-4-8-17)16-26-19-9-5-2-6-10-19/h1-15,20H,16H2,(H,24,25). The van der Waals surface area contributed by atoms with Crippen LogP contribution in [0.3, 0.4) is 0 Å². The lowest BCUT2D eigenvalue weighted by atomic mass is 10.1. The highest BCUT2D eigenvalue weighted by atomic mass is 16.5. The molecule has 1 aromatic heterocycles. The number of aromatic nitrogens is 2. The maximum Gasteiger partial charge on any atom is 0.244 e. The van der Waals surface area contributed by atoms with Gasteiger partial charge in [-0.25, -0.2) is 0 Å². The molecule has 0 bridgehead atoms. The quantitative estimate of drug-likeness (QED) is 0.667. The number of ether oxygens (including phenoxy) is 1. The van der Waals surface area contributed by atoms with Gasteiger partial charge in [-0.3, -0.25) is 14.8 Å². The minimum Gasteiger partial charge on any atom is -0.491 e. The Morgan fingerprint density at radius 1 is 1.04 bits per heavy atom. The zero-order valence-electron chi connectivity index (χ0n) is 14.2. The third kappa shape index (κ3) is 5.27. The molecule has 0 aliphatic carbocycles. The van der Waals surface area contributed by atoms with Gasteiger partial charge in [0.1, 0.15) is 12.4 Å². The Bertz CT molecular complexity index is 837. The zero-order chi connectivity index (χ0) is 18.0. The van der Waals surface area contributed by atoms with Crippen LogP contribution in [0, 0.1) is 0 Å². The van der Waals surface area contributed by atoms with Crippen molar-refractivity contribution in [3.63, 3.8) is 0 Å². The van der Waals surface area contributed by atoms with E-state index in [0.29, 0.717) is 12.3 Å². The maximum atomic E-state index is 12.3. The Morgan fingerprint density at radius 2 is 1.77 bits per heavy atom. The van der Waals surface area contributed by atoms with Crippen LogP contribution >= 0.6 is 0 Å². The number of carbonyl (C=O) groups excluding carboxylic acids is 1. The lowest BCUT2D eigenvalue weighted by Gasteiger charge is -2.19. The van der Waals surface area contributed by atoms with Gasteiger partial charge in [0, 0.05) is 18.5 Å². The maximum absolute atomic E-state index is 12.3. The summed E-state index contributed by atoms with van der Waals surface area (Å²) >= 11 is 0. The van der Waals surface area contributed by atoms with Crippen molar-refractivity contribution in [3.8, 4) is 5.75 Å². The van der Waals surface area contributed by atoms with Crippen molar-refractivity contribution in [2.24, 2.45) is 0 Å². The SMILES string of the molecule is O=C(C=Cc1cnccn1)NC(COc1ccccc1)c1ccccc1. The monoisotopic (exact) mass is 345 g/mol. The van der Waals surface area contributed by atoms with E-state index in [1.54, 1.807) is 24.7 Å². The molecule has 5 nitrogen and oxygen atoms in total. The lowest BCUT2D eigenvalue weighted by molar-refractivity contribution is -0.117. The van der Waals surface area contributed by atoms with Gasteiger partial charge >= 0.3 is 0 Å². The van der Waals surface area contributed by atoms with Crippen LogP contribution in [0.2, 0.25) is 0 Å². The van der Waals surface area contributed by atoms with Crippen LogP contribution < -0.4 is 10.1 Å². The summed E-state index contributed by atoms with van der Waals surface area (Å²) in [5.41, 5.74) is 1.60. The van der Waals surface area contributed by atoms with Gasteiger partial charge in [-0.2, -0.15) is 0 Å². The Kier molecular flexibility index (Phi) is 6.09. The molecule has 3 aromatic rings. The molecule has 0 radical (unpaired) electrons. The molecule has 5 heteroatoms. The van der Waals surface area contributed by atoms with Crippen LogP contribution in [0.1, 0.15) is 17.3 Å². The highest BCUT2D eigenvalue weighted by molar-refractivity contribution is 5.91. The minimum atomic E-state index is -0.268. The van der Waals surface area contributed by atoms with Gasteiger partial charge in [-0.05, 0) is 23.8 Å². The fourth-order valence-corrected chi connectivity index (χ4v) is 2.38. The van der Waals surface area contributed by atoms with E-state index in [4.69, 9.17) is 4.74 Å². The summed E-state index contributed by atoms with van der Waals surface area (Å²) in [7, 11) is 0. The van der Waals surface area contributed by atoms with Crippen LogP contribution in [-0.4, -0.2) is 22.5 Å². The first kappa shape index (κ1) is 17.4. The van der Waals surface area contributed by atoms with Crippen molar-refractivity contribution in [2.45, 2.75) is 6.04 Å². The highest BCUT2D eigenvalue weighted by Crippen LogP contribution is 2.16. The third-order valence-electron chi connectivity index (χ3n) is 3.67. The molecule has 0 saturated heterocycles. The van der Waals surface area contributed by atoms with Crippen LogP contribution in [-0.2, 0) is 4.79 Å². The number of rotatable bonds is 7. The van der Waals surface area contributed by atoms with Crippen LogP contribution in [0.25, 0.3) is 6.08 Å². The second-order valence-electron chi connectivity index (χ2n) is 5.56. The van der Waals surface area contributed by atoms with Gasteiger partial charge in [0.05, 0.1) is 17.9 Å². The summed E-state index contributed by atoms with van der Waals surface area (Å²) in [6.45, 7) is 0.332. The Labute approximate surface area is 152 Å². The number of nitrogens with one attached hydrogen (secondary N) is 1. The fraction of sp³-hybridized carbons (Fsp3) is 0.0952. The van der Waals surface area contributed by atoms with Crippen molar-refractivity contribution >= 4 is 12.0 Å². The molecule has 2 aromatic carbocycles. The summed E-state index contributed by atoms with van der Waals surface area (Å²) < 4.78 is 5.83. The summed E-state index contributed by atoms with van der Waals surface area (Å²) in [6.07, 6.45) is 7.84. The smallest absolute Gasteiger partial charge is 0.244 e. The molecule has 0 aliphatic rings. The third-order valence-corrected chi connectivity index (χ3v) is 3.67. The van der Waals surface area contributed by atoms with E-state index in [2.05, 4.69) is 15.3 Å². The molecule has 1 heterocycles. The van der Waals surface area contributed by atoms with Crippen molar-refractivity contribution in [1.29, 1.82) is 0 Å². The van der Waals surface area contributed by atoms with Crippen molar-refractivity contribution < 1.29 is 9.53 Å². The van der Waals surface area contributed by atoms with E-state index >= 15 is 0 Å². The Morgan fingerprint density at radius 3 is 2.46 bits per heavy atom. The normalized spacial score (nSPS) is 11.8. The lowest BCUT2D eigenvalue weighted by Crippen LogP contribution is -2.31. The molecule has 1 amide bonds. The molecule has 1 N–H and O–H groups in total. The predicted octanol–water partition coefficient (Wildman–Crippen LogP) is 3.43. The molecule has 26 heavy (non-hydrogen) atoms. The summed E-state index contributed by atoms with van der Waals surface area (Å²) in [6, 6.07) is 19.0. The number of hydrogen-bond donors (Lipinski definition) is 1. The first-order chi connectivity index (χ1) is 12.8. The average Bonchev–Trinajstić information content (AvgIpc) is 2.72. The van der Waals surface area contributed by atoms with Gasteiger partial charge in [0.25, 0.3) is 0 Å². The molecule has 1 atom stereocenters. The Balaban J connectivity index is 1.67. The molecule has 1 unspecified atom stereocenters. The van der Waals surface area contributed by atoms with E-state index in [9.17, 15) is 4.79 Å². The van der Waals surface area contributed by atoms with Gasteiger partial charge < -0.3 is 10.1 Å². The van der Waals surface area contributed by atoms with Gasteiger partial charge in [-0.15, -0.1) is 0 Å². The number of benzene rings is 2. The van der Waals surface area contributed by atoms with Crippen LogP contribution in [0.4, 0.5) is 0 Å². The summed E-state index contributed by atoms with van der Waals surface area (Å²) in [4.78, 5) is 20.4. The van der Waals surface area contributed by atoms with Crippen LogP contribution in [0.5, 0.6) is 5.75 Å². The second-order valence-corrected chi connectivity index (χ2v) is 5.56. The predicted molar refractivity (Wildman–Crippen MR) is 100 cm³/mol. The zero-order valence-corrected chi connectivity index (χ0v) is 14.2. The number of carbonyl (C=O) groups is 1. The number of nitrogens with zero attached hydrogens (tertiary/aromatic N) is 2. The topological polar surface area (TPSA) is 64.1 Å². The highest BCUT2D eigenvalue weighted by Gasteiger charge is 2.14. The first-order valence-electron chi connectivity index (χ1n) is 8.28. The molecule has 0 spiro atoms. The Hall–Kier alpha value is -3.47. The van der Waals surface area contributed by atoms with E-state index in [1.807, 2.05) is 60.7 Å². The van der Waals surface area contributed by atoms with Crippen molar-refractivity contribution in [3.05, 3.63) is 96.6 Å². The van der Waals surface area contributed by atoms with Crippen LogP contribution in [0.15, 0.2) is 85.3 Å².